The van der Waals surface area contributed by atoms with Gasteiger partial charge < -0.3 is 15.8 Å². The third kappa shape index (κ3) is 3.66. The maximum atomic E-state index is 12.6. The number of hydrogen-bond donors (Lipinski definition) is 2. The van der Waals surface area contributed by atoms with Crippen molar-refractivity contribution in [2.45, 2.75) is 52.0 Å². The molecule has 0 spiro atoms. The molecule has 1 saturated carbocycles. The first-order valence-corrected chi connectivity index (χ1v) is 7.68. The molecule has 1 heterocycles. The van der Waals surface area contributed by atoms with E-state index >= 15 is 0 Å². The monoisotopic (exact) mass is 304 g/mol. The Labute approximate surface area is 128 Å². The molecule has 3 unspecified atom stereocenters. The largest absolute Gasteiger partial charge is 0.381 e. The highest BCUT2D eigenvalue weighted by Crippen LogP contribution is 2.33. The Balaban J connectivity index is 0.00000200. The molecule has 3 N–H and O–H groups in total. The number of carbonyl (C=O) groups is 1. The first-order chi connectivity index (χ1) is 9.09. The SMILES string of the molecule is CC1CCCC(NC(=O)C2(CN)CCOCC2)C1C.Cl. The van der Waals surface area contributed by atoms with Crippen molar-refractivity contribution in [2.24, 2.45) is 23.0 Å². The molecule has 0 aromatic heterocycles. The number of rotatable bonds is 3. The minimum Gasteiger partial charge on any atom is -0.381 e. The highest BCUT2D eigenvalue weighted by molar-refractivity contribution is 5.85. The first kappa shape index (κ1) is 17.7. The second-order valence-electron chi connectivity index (χ2n) is 6.44. The van der Waals surface area contributed by atoms with Gasteiger partial charge in [0.2, 0.25) is 5.91 Å². The van der Waals surface area contributed by atoms with E-state index in [-0.39, 0.29) is 18.3 Å². The Morgan fingerprint density at radius 2 is 1.95 bits per heavy atom. The number of nitrogens with two attached hydrogens (primary N) is 1. The molecule has 5 heteroatoms. The highest BCUT2D eigenvalue weighted by Gasteiger charge is 2.40. The molecule has 2 fully saturated rings. The van der Waals surface area contributed by atoms with Crippen LogP contribution in [0.15, 0.2) is 0 Å². The Kier molecular flexibility index (Phi) is 6.76. The van der Waals surface area contributed by atoms with Crippen molar-refractivity contribution >= 4 is 18.3 Å². The second kappa shape index (κ2) is 7.62. The third-order valence-electron chi connectivity index (χ3n) is 5.35. The summed E-state index contributed by atoms with van der Waals surface area (Å²) in [6, 6.07) is 0.322. The van der Waals surface area contributed by atoms with Crippen LogP contribution in [0.25, 0.3) is 0 Å². The van der Waals surface area contributed by atoms with E-state index in [0.717, 1.165) is 19.3 Å². The molecule has 2 aliphatic rings. The van der Waals surface area contributed by atoms with Crippen molar-refractivity contribution in [1.29, 1.82) is 0 Å². The fraction of sp³-hybridized carbons (Fsp3) is 0.933. The quantitative estimate of drug-likeness (QED) is 0.839. The topological polar surface area (TPSA) is 64.4 Å². The Hall–Kier alpha value is -0.320. The summed E-state index contributed by atoms with van der Waals surface area (Å²) in [5.41, 5.74) is 5.50. The molecule has 1 saturated heterocycles. The lowest BCUT2D eigenvalue weighted by Crippen LogP contribution is -2.54. The van der Waals surface area contributed by atoms with Crippen molar-refractivity contribution in [3.63, 3.8) is 0 Å². The predicted octanol–water partition coefficient (Wildman–Crippen LogP) is 2.10. The molecule has 1 aliphatic carbocycles. The molecule has 1 amide bonds. The molecule has 4 nitrogen and oxygen atoms in total. The van der Waals surface area contributed by atoms with Crippen molar-refractivity contribution < 1.29 is 9.53 Å². The van der Waals surface area contributed by atoms with Gasteiger partial charge in [-0.15, -0.1) is 12.4 Å². The summed E-state index contributed by atoms with van der Waals surface area (Å²) in [6.07, 6.45) is 5.12. The smallest absolute Gasteiger partial charge is 0.227 e. The van der Waals surface area contributed by atoms with Gasteiger partial charge in [-0.25, -0.2) is 0 Å². The van der Waals surface area contributed by atoms with Gasteiger partial charge in [-0.05, 0) is 31.1 Å². The van der Waals surface area contributed by atoms with E-state index in [4.69, 9.17) is 10.5 Å². The molecule has 2 rings (SSSR count). The van der Waals surface area contributed by atoms with Gasteiger partial charge in [-0.2, -0.15) is 0 Å². The zero-order valence-electron chi connectivity index (χ0n) is 12.7. The second-order valence-corrected chi connectivity index (χ2v) is 6.44. The Morgan fingerprint density at radius 3 is 2.55 bits per heavy atom. The number of halogens is 1. The van der Waals surface area contributed by atoms with Gasteiger partial charge in [0, 0.05) is 25.8 Å². The number of amides is 1. The first-order valence-electron chi connectivity index (χ1n) is 7.68. The van der Waals surface area contributed by atoms with E-state index in [1.807, 2.05) is 0 Å². The summed E-state index contributed by atoms with van der Waals surface area (Å²) in [4.78, 5) is 12.6. The molecule has 3 atom stereocenters. The molecular weight excluding hydrogens is 276 g/mol. The van der Waals surface area contributed by atoms with Crippen LogP contribution in [0.4, 0.5) is 0 Å². The maximum Gasteiger partial charge on any atom is 0.227 e. The molecule has 0 radical (unpaired) electrons. The Morgan fingerprint density at radius 1 is 1.30 bits per heavy atom. The van der Waals surface area contributed by atoms with E-state index < -0.39 is 5.41 Å². The summed E-state index contributed by atoms with van der Waals surface area (Å²) in [7, 11) is 0. The molecule has 20 heavy (non-hydrogen) atoms. The van der Waals surface area contributed by atoms with Crippen LogP contribution in [-0.2, 0) is 9.53 Å². The minimum atomic E-state index is -0.390. The van der Waals surface area contributed by atoms with Crippen LogP contribution in [0.2, 0.25) is 0 Å². The third-order valence-corrected chi connectivity index (χ3v) is 5.35. The van der Waals surface area contributed by atoms with E-state index in [1.165, 1.54) is 12.8 Å². The number of carbonyl (C=O) groups excluding carboxylic acids is 1. The van der Waals surface area contributed by atoms with Gasteiger partial charge in [0.15, 0.2) is 0 Å². The zero-order valence-corrected chi connectivity index (χ0v) is 13.5. The molecule has 1 aliphatic heterocycles. The Bertz CT molecular complexity index is 319. The summed E-state index contributed by atoms with van der Waals surface area (Å²) in [5, 5.41) is 3.29. The fourth-order valence-electron chi connectivity index (χ4n) is 3.39. The fourth-order valence-corrected chi connectivity index (χ4v) is 3.39. The van der Waals surface area contributed by atoms with Crippen LogP contribution < -0.4 is 11.1 Å². The standard InChI is InChI=1S/C15H28N2O2.ClH/c1-11-4-3-5-13(12(11)2)17-14(18)15(10-16)6-8-19-9-7-15;/h11-13H,3-10,16H2,1-2H3,(H,17,18);1H. The summed E-state index contributed by atoms with van der Waals surface area (Å²) in [5.74, 6) is 1.42. The van der Waals surface area contributed by atoms with Crippen molar-refractivity contribution in [1.82, 2.24) is 5.32 Å². The van der Waals surface area contributed by atoms with Crippen LogP contribution >= 0.6 is 12.4 Å². The summed E-state index contributed by atoms with van der Waals surface area (Å²) < 4.78 is 5.37. The zero-order chi connectivity index (χ0) is 13.9. The van der Waals surface area contributed by atoms with Crippen molar-refractivity contribution in [3.05, 3.63) is 0 Å². The number of nitrogens with one attached hydrogen (secondary N) is 1. The molecular formula is C15H29ClN2O2. The summed E-state index contributed by atoms with van der Waals surface area (Å²) in [6.45, 7) is 6.28. The van der Waals surface area contributed by atoms with Crippen LogP contribution in [0.5, 0.6) is 0 Å². The van der Waals surface area contributed by atoms with Gasteiger partial charge >= 0.3 is 0 Å². The lowest BCUT2D eigenvalue weighted by molar-refractivity contribution is -0.137. The van der Waals surface area contributed by atoms with E-state index in [0.29, 0.717) is 37.6 Å². The highest BCUT2D eigenvalue weighted by atomic mass is 35.5. The van der Waals surface area contributed by atoms with Crippen molar-refractivity contribution in [3.8, 4) is 0 Å². The maximum absolute atomic E-state index is 12.6. The molecule has 118 valence electrons. The van der Waals surface area contributed by atoms with Gasteiger partial charge in [0.1, 0.15) is 0 Å². The van der Waals surface area contributed by atoms with Crippen LogP contribution in [-0.4, -0.2) is 31.7 Å². The van der Waals surface area contributed by atoms with Crippen LogP contribution in [0, 0.1) is 17.3 Å². The normalized spacial score (nSPS) is 33.0. The van der Waals surface area contributed by atoms with Crippen LogP contribution in [0.1, 0.15) is 46.0 Å². The molecule has 0 aromatic rings. The average Bonchev–Trinajstić information content (AvgIpc) is 2.44. The van der Waals surface area contributed by atoms with Crippen LogP contribution in [0.3, 0.4) is 0 Å². The van der Waals surface area contributed by atoms with Crippen molar-refractivity contribution in [2.75, 3.05) is 19.8 Å². The van der Waals surface area contributed by atoms with E-state index in [1.54, 1.807) is 0 Å². The van der Waals surface area contributed by atoms with E-state index in [9.17, 15) is 4.79 Å². The number of hydrogen-bond acceptors (Lipinski definition) is 3. The lowest BCUT2D eigenvalue weighted by atomic mass is 9.75. The predicted molar refractivity (Wildman–Crippen MR) is 82.9 cm³/mol. The minimum absolute atomic E-state index is 0. The van der Waals surface area contributed by atoms with Gasteiger partial charge in [-0.1, -0.05) is 26.7 Å². The average molecular weight is 305 g/mol. The lowest BCUT2D eigenvalue weighted by Gasteiger charge is -2.39. The van der Waals surface area contributed by atoms with Gasteiger partial charge in [-0.3, -0.25) is 4.79 Å². The molecule has 0 aromatic carbocycles. The van der Waals surface area contributed by atoms with Gasteiger partial charge in [0.05, 0.1) is 5.41 Å². The summed E-state index contributed by atoms with van der Waals surface area (Å²) >= 11 is 0. The van der Waals surface area contributed by atoms with E-state index in [2.05, 4.69) is 19.2 Å². The molecule has 0 bridgehead atoms. The number of ether oxygens (including phenoxy) is 1. The van der Waals surface area contributed by atoms with Gasteiger partial charge in [0.25, 0.3) is 0 Å².